The predicted octanol–water partition coefficient (Wildman–Crippen LogP) is 2.49. The molecular weight excluding hydrogens is 176 g/mol. The molecule has 0 saturated heterocycles. The van der Waals surface area contributed by atoms with Crippen molar-refractivity contribution in [1.29, 1.82) is 0 Å². The summed E-state index contributed by atoms with van der Waals surface area (Å²) in [5.74, 6) is -0.682. The van der Waals surface area contributed by atoms with Gasteiger partial charge in [-0.15, -0.1) is 0 Å². The van der Waals surface area contributed by atoms with E-state index in [1.807, 2.05) is 0 Å². The average Bonchev–Trinajstić information content (AvgIpc) is 1.92. The van der Waals surface area contributed by atoms with E-state index >= 15 is 0 Å². The van der Waals surface area contributed by atoms with Crippen molar-refractivity contribution < 1.29 is 31.6 Å². The zero-order valence-electron chi connectivity index (χ0n) is 7.39. The number of hydrogen-bond donors (Lipinski definition) is 1. The second kappa shape index (κ2) is 16.6. The number of aliphatic carboxylic acids is 1. The van der Waals surface area contributed by atoms with Gasteiger partial charge in [0.05, 0.1) is 0 Å². The van der Waals surface area contributed by atoms with Crippen LogP contribution in [-0.4, -0.2) is 11.1 Å². The molecule has 0 aliphatic heterocycles. The molecule has 0 amide bonds. The number of rotatable bonds is 4. The minimum atomic E-state index is -0.682. The second-order valence-electron chi connectivity index (χ2n) is 1.85. The van der Waals surface area contributed by atoms with Crippen LogP contribution in [0.5, 0.6) is 0 Å². The van der Waals surface area contributed by atoms with Crippen LogP contribution in [0.25, 0.3) is 0 Å². The van der Waals surface area contributed by atoms with Crippen LogP contribution in [0.15, 0.2) is 0 Å². The molecule has 2 nitrogen and oxygen atoms in total. The number of carbonyl (C=O) groups is 1. The van der Waals surface area contributed by atoms with Gasteiger partial charge in [0.1, 0.15) is 0 Å². The Morgan fingerprint density at radius 1 is 1.36 bits per heavy atom. The summed E-state index contributed by atoms with van der Waals surface area (Å²) in [4.78, 5) is 9.87. The Balaban J connectivity index is -0.000000196. The van der Waals surface area contributed by atoms with E-state index in [1.54, 1.807) is 6.92 Å². The molecule has 0 radical (unpaired) electrons. The van der Waals surface area contributed by atoms with Crippen LogP contribution in [0.3, 0.4) is 0 Å². The topological polar surface area (TPSA) is 37.3 Å². The van der Waals surface area contributed by atoms with Crippen molar-refractivity contribution in [3.05, 3.63) is 6.92 Å². The molecule has 0 heterocycles. The minimum Gasteiger partial charge on any atom is -0.481 e. The fourth-order valence-corrected chi connectivity index (χ4v) is 0.526. The van der Waals surface area contributed by atoms with Crippen molar-refractivity contribution in [3.8, 4) is 0 Å². The van der Waals surface area contributed by atoms with Crippen molar-refractivity contribution in [2.45, 2.75) is 39.5 Å². The van der Waals surface area contributed by atoms with Crippen molar-refractivity contribution >= 4 is 5.97 Å². The van der Waals surface area contributed by atoms with Crippen LogP contribution in [0.4, 0.5) is 0 Å². The molecule has 0 atom stereocenters. The third-order valence-corrected chi connectivity index (χ3v) is 0.994. The van der Waals surface area contributed by atoms with Gasteiger partial charge in [0, 0.05) is 28.1 Å². The van der Waals surface area contributed by atoms with Gasteiger partial charge in [0.15, 0.2) is 0 Å². The van der Waals surface area contributed by atoms with Crippen molar-refractivity contribution in [2.75, 3.05) is 0 Å². The Morgan fingerprint density at radius 3 is 2.09 bits per heavy atom. The van der Waals surface area contributed by atoms with Gasteiger partial charge in [-0.25, -0.2) is 0 Å². The smallest absolute Gasteiger partial charge is 0.303 e. The number of hydrogen-bond acceptors (Lipinski definition) is 1. The maximum atomic E-state index is 9.87. The summed E-state index contributed by atoms with van der Waals surface area (Å²) in [5, 5.41) is 8.14. The van der Waals surface area contributed by atoms with Crippen molar-refractivity contribution in [1.82, 2.24) is 0 Å². The quantitative estimate of drug-likeness (QED) is 0.423. The van der Waals surface area contributed by atoms with Crippen LogP contribution in [0, 0.1) is 6.92 Å². The van der Waals surface area contributed by atoms with E-state index in [1.165, 1.54) is 0 Å². The molecule has 66 valence electrons. The molecule has 0 aliphatic carbocycles. The third kappa shape index (κ3) is 25.4. The molecule has 0 unspecified atom stereocenters. The van der Waals surface area contributed by atoms with Gasteiger partial charge in [0.2, 0.25) is 0 Å². The molecule has 3 heteroatoms. The molecule has 0 aromatic heterocycles. The molecule has 0 aliphatic rings. The molecular formula is C8H17O2Ti-. The molecule has 11 heavy (non-hydrogen) atoms. The van der Waals surface area contributed by atoms with Crippen LogP contribution in [0.1, 0.15) is 39.5 Å². The Kier molecular flexibility index (Phi) is 26.2. The molecule has 0 aromatic rings. The van der Waals surface area contributed by atoms with E-state index in [0.717, 1.165) is 19.3 Å². The van der Waals surface area contributed by atoms with E-state index in [0.29, 0.717) is 6.42 Å². The average molecular weight is 193 g/mol. The summed E-state index contributed by atoms with van der Waals surface area (Å²) in [6, 6.07) is 0. The zero-order chi connectivity index (χ0) is 8.41. The monoisotopic (exact) mass is 193 g/mol. The first-order chi connectivity index (χ1) is 4.77. The standard InChI is InChI=1S/C6H12O2.C2H5.Ti/c1-2-3-4-5-6(7)8;1-2;/h2-5H2,1H3,(H,7,8);1H2,2H3;/q;-1;. The van der Waals surface area contributed by atoms with Crippen LogP contribution in [0.2, 0.25) is 0 Å². The third-order valence-electron chi connectivity index (χ3n) is 0.994. The predicted molar refractivity (Wildman–Crippen MR) is 42.8 cm³/mol. The molecule has 0 spiro atoms. The maximum Gasteiger partial charge on any atom is 0.303 e. The van der Waals surface area contributed by atoms with Crippen molar-refractivity contribution in [3.63, 3.8) is 0 Å². The van der Waals surface area contributed by atoms with Gasteiger partial charge in [-0.3, -0.25) is 4.79 Å². The van der Waals surface area contributed by atoms with Gasteiger partial charge < -0.3 is 12.0 Å². The minimum absolute atomic E-state index is 0. The van der Waals surface area contributed by atoms with Gasteiger partial charge in [-0.2, -0.15) is 6.92 Å². The number of carboxylic acids is 1. The summed E-state index contributed by atoms with van der Waals surface area (Å²) >= 11 is 0. The van der Waals surface area contributed by atoms with Crippen LogP contribution < -0.4 is 0 Å². The van der Waals surface area contributed by atoms with E-state index in [2.05, 4.69) is 13.8 Å². The van der Waals surface area contributed by atoms with Gasteiger partial charge >= 0.3 is 5.97 Å². The number of carboxylic acid groups (broad SMARTS) is 1. The fraction of sp³-hybridized carbons (Fsp3) is 0.750. The van der Waals surface area contributed by atoms with Crippen molar-refractivity contribution in [2.24, 2.45) is 0 Å². The summed E-state index contributed by atoms with van der Waals surface area (Å²) < 4.78 is 0. The van der Waals surface area contributed by atoms with E-state index < -0.39 is 5.97 Å². The normalized spacial score (nSPS) is 7.18. The largest absolute Gasteiger partial charge is 0.481 e. The Labute approximate surface area is 84.3 Å². The molecule has 0 aromatic carbocycles. The van der Waals surface area contributed by atoms with E-state index in [-0.39, 0.29) is 21.7 Å². The first-order valence-electron chi connectivity index (χ1n) is 3.70. The fourth-order valence-electron chi connectivity index (χ4n) is 0.526. The molecule has 0 bridgehead atoms. The number of unbranched alkanes of at least 4 members (excludes halogenated alkanes) is 2. The molecule has 0 saturated carbocycles. The molecule has 0 fully saturated rings. The second-order valence-corrected chi connectivity index (χ2v) is 1.85. The van der Waals surface area contributed by atoms with Gasteiger partial charge in [-0.1, -0.05) is 19.8 Å². The Hall–Kier alpha value is 0.184. The Bertz CT molecular complexity index is 74.5. The van der Waals surface area contributed by atoms with E-state index in [9.17, 15) is 4.79 Å². The Morgan fingerprint density at radius 2 is 1.82 bits per heavy atom. The summed E-state index contributed by atoms with van der Waals surface area (Å²) in [5.41, 5.74) is 0. The zero-order valence-corrected chi connectivity index (χ0v) is 8.95. The first-order valence-corrected chi connectivity index (χ1v) is 3.70. The summed E-state index contributed by atoms with van der Waals surface area (Å²) in [7, 11) is 0. The SMILES string of the molecule is CCCCCC(=O)O.[CH2-]C.[Ti]. The van der Waals surface area contributed by atoms with E-state index in [4.69, 9.17) is 5.11 Å². The first kappa shape index (κ1) is 17.3. The maximum absolute atomic E-state index is 9.87. The summed E-state index contributed by atoms with van der Waals surface area (Å²) in [6.45, 7) is 7.06. The van der Waals surface area contributed by atoms with Crippen LogP contribution >= 0.6 is 0 Å². The summed E-state index contributed by atoms with van der Waals surface area (Å²) in [6.07, 6.45) is 3.28. The molecule has 0 rings (SSSR count). The van der Waals surface area contributed by atoms with Crippen LogP contribution in [-0.2, 0) is 26.5 Å². The van der Waals surface area contributed by atoms with Gasteiger partial charge in [-0.05, 0) is 6.42 Å². The van der Waals surface area contributed by atoms with Gasteiger partial charge in [0.25, 0.3) is 0 Å². The molecule has 1 N–H and O–H groups in total.